The third-order valence-corrected chi connectivity index (χ3v) is 4.43. The van der Waals surface area contributed by atoms with Crippen LogP contribution in [-0.2, 0) is 19.5 Å². The van der Waals surface area contributed by atoms with Crippen molar-refractivity contribution in [1.82, 2.24) is 15.6 Å². The predicted molar refractivity (Wildman–Crippen MR) is 105 cm³/mol. The van der Waals surface area contributed by atoms with E-state index in [1.54, 1.807) is 18.4 Å². The quantitative estimate of drug-likeness (QED) is 0.434. The van der Waals surface area contributed by atoms with E-state index in [1.807, 2.05) is 6.20 Å². The van der Waals surface area contributed by atoms with Crippen LogP contribution in [0.1, 0.15) is 27.9 Å². The molecule has 0 fully saturated rings. The molecular weight excluding hydrogens is 407 g/mol. The van der Waals surface area contributed by atoms with Crippen molar-refractivity contribution < 1.29 is 0 Å². The van der Waals surface area contributed by atoms with Gasteiger partial charge in [-0.05, 0) is 24.5 Å². The number of nitrogens with zero attached hydrogens (tertiary/aromatic N) is 2. The highest BCUT2D eigenvalue weighted by atomic mass is 127. The van der Waals surface area contributed by atoms with E-state index in [4.69, 9.17) is 0 Å². The molecule has 0 aliphatic heterocycles. The third kappa shape index (κ3) is 5.57. The fourth-order valence-electron chi connectivity index (χ4n) is 1.96. The molecule has 0 unspecified atom stereocenters. The number of aliphatic imine (C=N–C) groups is 1. The molecule has 1 aromatic carbocycles. The zero-order chi connectivity index (χ0) is 15.1. The number of aryl methyl sites for hydroxylation is 2. The first-order valence-electron chi connectivity index (χ1n) is 7.15. The third-order valence-electron chi connectivity index (χ3n) is 3.29. The van der Waals surface area contributed by atoms with Crippen LogP contribution in [0.5, 0.6) is 0 Å². The minimum atomic E-state index is 0. The van der Waals surface area contributed by atoms with Crippen molar-refractivity contribution in [3.8, 4) is 0 Å². The summed E-state index contributed by atoms with van der Waals surface area (Å²) >= 11 is 1.75. The highest BCUT2D eigenvalue weighted by Gasteiger charge is 2.03. The molecule has 0 radical (unpaired) electrons. The highest BCUT2D eigenvalue weighted by molar-refractivity contribution is 14.0. The number of hydrogen-bond acceptors (Lipinski definition) is 3. The van der Waals surface area contributed by atoms with Gasteiger partial charge in [-0.2, -0.15) is 0 Å². The van der Waals surface area contributed by atoms with Crippen molar-refractivity contribution in [1.29, 1.82) is 0 Å². The Bertz CT molecular complexity index is 610. The molecule has 6 heteroatoms. The van der Waals surface area contributed by atoms with Crippen LogP contribution >= 0.6 is 35.3 Å². The van der Waals surface area contributed by atoms with Gasteiger partial charge >= 0.3 is 0 Å². The lowest BCUT2D eigenvalue weighted by Gasteiger charge is -2.12. The molecule has 4 nitrogen and oxygen atoms in total. The minimum Gasteiger partial charge on any atom is -0.352 e. The first-order valence-corrected chi connectivity index (χ1v) is 7.97. The lowest BCUT2D eigenvalue weighted by molar-refractivity contribution is 0.802. The molecule has 1 heterocycles. The summed E-state index contributed by atoms with van der Waals surface area (Å²) in [5.41, 5.74) is 2.57. The number of rotatable bonds is 5. The Kier molecular flexibility index (Phi) is 8.40. The fourth-order valence-corrected chi connectivity index (χ4v) is 2.76. The molecule has 0 saturated heterocycles. The summed E-state index contributed by atoms with van der Waals surface area (Å²) in [6.07, 6.45) is 2.99. The number of guanidine groups is 1. The maximum Gasteiger partial charge on any atom is 0.191 e. The van der Waals surface area contributed by atoms with Gasteiger partial charge in [-0.15, -0.1) is 35.3 Å². The molecule has 0 aliphatic rings. The Morgan fingerprint density at radius 3 is 2.59 bits per heavy atom. The van der Waals surface area contributed by atoms with E-state index in [0.717, 1.165) is 23.9 Å². The van der Waals surface area contributed by atoms with Gasteiger partial charge in [-0.25, -0.2) is 4.98 Å². The number of aromatic nitrogens is 1. The molecule has 0 saturated carbocycles. The zero-order valence-electron chi connectivity index (χ0n) is 13.2. The topological polar surface area (TPSA) is 49.3 Å². The number of nitrogens with one attached hydrogen (secondary N) is 2. The van der Waals surface area contributed by atoms with Crippen LogP contribution in [0.4, 0.5) is 0 Å². The molecule has 2 aromatic rings. The van der Waals surface area contributed by atoms with Crippen LogP contribution in [0.2, 0.25) is 0 Å². The van der Waals surface area contributed by atoms with E-state index >= 15 is 0 Å². The van der Waals surface area contributed by atoms with E-state index in [9.17, 15) is 0 Å². The van der Waals surface area contributed by atoms with Gasteiger partial charge in [0, 0.05) is 24.7 Å². The minimum absolute atomic E-state index is 0. The maximum atomic E-state index is 4.40. The summed E-state index contributed by atoms with van der Waals surface area (Å²) in [6, 6.07) is 8.36. The number of thiazole rings is 1. The summed E-state index contributed by atoms with van der Waals surface area (Å²) in [5, 5.41) is 7.72. The molecule has 2 rings (SSSR count). The second-order valence-electron chi connectivity index (χ2n) is 4.78. The normalized spacial score (nSPS) is 11.0. The Hall–Kier alpha value is -1.15. The molecule has 2 N–H and O–H groups in total. The van der Waals surface area contributed by atoms with E-state index in [0.29, 0.717) is 6.54 Å². The monoisotopic (exact) mass is 430 g/mol. The summed E-state index contributed by atoms with van der Waals surface area (Å²) in [6.45, 7) is 5.74. The second-order valence-corrected chi connectivity index (χ2v) is 5.98. The van der Waals surface area contributed by atoms with Crippen molar-refractivity contribution in [3.63, 3.8) is 0 Å². The van der Waals surface area contributed by atoms with E-state index in [1.165, 1.54) is 16.0 Å². The van der Waals surface area contributed by atoms with Gasteiger partial charge in [0.15, 0.2) is 5.96 Å². The SMILES string of the molecule is CCc1cnc(CNC(=NC)NCc2ccccc2C)s1.I. The number of halogens is 1. The molecule has 22 heavy (non-hydrogen) atoms. The van der Waals surface area contributed by atoms with E-state index < -0.39 is 0 Å². The molecule has 0 aliphatic carbocycles. The highest BCUT2D eigenvalue weighted by Crippen LogP contribution is 2.12. The molecule has 0 amide bonds. The molecular formula is C16H23IN4S. The Morgan fingerprint density at radius 2 is 1.95 bits per heavy atom. The first kappa shape index (κ1) is 18.9. The van der Waals surface area contributed by atoms with Crippen LogP contribution in [0.25, 0.3) is 0 Å². The average molecular weight is 430 g/mol. The van der Waals surface area contributed by atoms with Crippen LogP contribution < -0.4 is 10.6 Å². The van der Waals surface area contributed by atoms with Crippen molar-refractivity contribution in [2.24, 2.45) is 4.99 Å². The standard InChI is InChI=1S/C16H22N4S.HI/c1-4-14-10-18-15(21-14)11-20-16(17-3)19-9-13-8-6-5-7-12(13)2;/h5-8,10H,4,9,11H2,1-3H3,(H2,17,19,20);1H. The van der Waals surface area contributed by atoms with Crippen LogP contribution in [0, 0.1) is 6.92 Å². The van der Waals surface area contributed by atoms with Crippen molar-refractivity contribution in [2.45, 2.75) is 33.4 Å². The number of benzene rings is 1. The maximum absolute atomic E-state index is 4.40. The molecule has 1 aromatic heterocycles. The van der Waals surface area contributed by atoms with Gasteiger partial charge < -0.3 is 10.6 Å². The smallest absolute Gasteiger partial charge is 0.191 e. The Labute approximate surface area is 153 Å². The van der Waals surface area contributed by atoms with Crippen LogP contribution in [-0.4, -0.2) is 18.0 Å². The molecule has 0 atom stereocenters. The average Bonchev–Trinajstić information content (AvgIpc) is 2.97. The van der Waals surface area contributed by atoms with Gasteiger partial charge in [-0.3, -0.25) is 4.99 Å². The molecule has 120 valence electrons. The largest absolute Gasteiger partial charge is 0.352 e. The molecule has 0 spiro atoms. The number of hydrogen-bond donors (Lipinski definition) is 2. The lowest BCUT2D eigenvalue weighted by atomic mass is 10.1. The summed E-state index contributed by atoms with van der Waals surface area (Å²) in [4.78, 5) is 9.96. The van der Waals surface area contributed by atoms with Gasteiger partial charge in [0.1, 0.15) is 5.01 Å². The second kappa shape index (κ2) is 9.78. The van der Waals surface area contributed by atoms with Gasteiger partial charge in [-0.1, -0.05) is 31.2 Å². The summed E-state index contributed by atoms with van der Waals surface area (Å²) < 4.78 is 0. The summed E-state index contributed by atoms with van der Waals surface area (Å²) in [5.74, 6) is 0.798. The van der Waals surface area contributed by atoms with Gasteiger partial charge in [0.25, 0.3) is 0 Å². The zero-order valence-corrected chi connectivity index (χ0v) is 16.4. The van der Waals surface area contributed by atoms with Crippen LogP contribution in [0.3, 0.4) is 0 Å². The predicted octanol–water partition coefficient (Wildman–Crippen LogP) is 3.50. The van der Waals surface area contributed by atoms with Gasteiger partial charge in [0.2, 0.25) is 0 Å². The molecule has 0 bridgehead atoms. The van der Waals surface area contributed by atoms with Crippen molar-refractivity contribution in [2.75, 3.05) is 7.05 Å². The lowest BCUT2D eigenvalue weighted by Crippen LogP contribution is -2.36. The van der Waals surface area contributed by atoms with Crippen molar-refractivity contribution >= 4 is 41.3 Å². The summed E-state index contributed by atoms with van der Waals surface area (Å²) in [7, 11) is 1.78. The first-order chi connectivity index (χ1) is 10.2. The van der Waals surface area contributed by atoms with Crippen LogP contribution in [0.15, 0.2) is 35.5 Å². The Balaban J connectivity index is 0.00000242. The van der Waals surface area contributed by atoms with Gasteiger partial charge in [0.05, 0.1) is 6.54 Å². The van der Waals surface area contributed by atoms with E-state index in [-0.39, 0.29) is 24.0 Å². The Morgan fingerprint density at radius 1 is 1.23 bits per heavy atom. The fraction of sp³-hybridized carbons (Fsp3) is 0.375. The van der Waals surface area contributed by atoms with E-state index in [2.05, 4.69) is 58.7 Å². The van der Waals surface area contributed by atoms with Crippen molar-refractivity contribution in [3.05, 3.63) is 51.5 Å².